The van der Waals surface area contributed by atoms with Crippen LogP contribution in [-0.2, 0) is 11.5 Å². The Hall–Kier alpha value is -0.0300. The van der Waals surface area contributed by atoms with E-state index in [0.29, 0.717) is 6.04 Å². The fraction of sp³-hybridized carbons (Fsp3) is 0.636. The van der Waals surface area contributed by atoms with E-state index in [0.717, 1.165) is 6.54 Å². The Morgan fingerprint density at radius 2 is 2.27 bits per heavy atom. The molecule has 82 valence electrons. The third-order valence-corrected chi connectivity index (χ3v) is 5.61. The molecule has 1 fully saturated rings. The monoisotopic (exact) mass is 240 g/mol. The van der Waals surface area contributed by atoms with Crippen LogP contribution in [0.25, 0.3) is 0 Å². The normalized spacial score (nSPS) is 26.9. The molecule has 0 saturated carbocycles. The Balaban J connectivity index is 1.91. The Bertz CT molecular complexity index is 361. The number of rotatable bonds is 1. The van der Waals surface area contributed by atoms with Gasteiger partial charge in [-0.15, -0.1) is 11.3 Å². The number of thiophene rings is 1. The summed E-state index contributed by atoms with van der Waals surface area (Å²) in [5.74, 6) is 8.52. The molecule has 2 aliphatic rings. The number of hydrazine groups is 1. The molecule has 0 aromatic carbocycles. The lowest BCUT2D eigenvalue weighted by atomic mass is 9.96. The average Bonchev–Trinajstić information content (AvgIpc) is 2.80. The van der Waals surface area contributed by atoms with Crippen LogP contribution in [0.2, 0.25) is 0 Å². The summed E-state index contributed by atoms with van der Waals surface area (Å²) < 4.78 is 0. The van der Waals surface area contributed by atoms with Crippen LogP contribution < -0.4 is 5.84 Å². The van der Waals surface area contributed by atoms with Crippen LogP contribution in [0.3, 0.4) is 0 Å². The van der Waals surface area contributed by atoms with Gasteiger partial charge >= 0.3 is 0 Å². The average molecular weight is 240 g/mol. The van der Waals surface area contributed by atoms with Gasteiger partial charge in [0.15, 0.2) is 0 Å². The van der Waals surface area contributed by atoms with E-state index in [1.54, 1.807) is 10.4 Å². The van der Waals surface area contributed by atoms with Crippen LogP contribution in [0, 0.1) is 0 Å². The molecule has 1 atom stereocenters. The van der Waals surface area contributed by atoms with E-state index in [9.17, 15) is 0 Å². The number of piperidine rings is 1. The minimum atomic E-state index is 0.498. The fourth-order valence-corrected chi connectivity index (χ4v) is 5.06. The SMILES string of the molecule is NN1CCCCC1c1csc2c1CSC2. The van der Waals surface area contributed by atoms with E-state index in [-0.39, 0.29) is 0 Å². The second kappa shape index (κ2) is 4.09. The molecule has 2 N–H and O–H groups in total. The lowest BCUT2D eigenvalue weighted by molar-refractivity contribution is 0.151. The van der Waals surface area contributed by atoms with Crippen molar-refractivity contribution < 1.29 is 0 Å². The van der Waals surface area contributed by atoms with Crippen molar-refractivity contribution >= 4 is 23.1 Å². The first-order valence-corrected chi connectivity index (χ1v) is 7.58. The second-order valence-corrected chi connectivity index (χ2v) is 6.28. The van der Waals surface area contributed by atoms with E-state index >= 15 is 0 Å². The number of hydrogen-bond acceptors (Lipinski definition) is 4. The summed E-state index contributed by atoms with van der Waals surface area (Å²) in [5, 5.41) is 4.40. The van der Waals surface area contributed by atoms with Gasteiger partial charge < -0.3 is 0 Å². The molecular weight excluding hydrogens is 224 g/mol. The highest BCUT2D eigenvalue weighted by Crippen LogP contribution is 2.42. The number of fused-ring (bicyclic) bond motifs is 1. The summed E-state index contributed by atoms with van der Waals surface area (Å²) in [6.07, 6.45) is 3.83. The fourth-order valence-electron chi connectivity index (χ4n) is 2.54. The van der Waals surface area contributed by atoms with Crippen molar-refractivity contribution in [3.8, 4) is 0 Å². The molecule has 4 heteroatoms. The van der Waals surface area contributed by atoms with Gasteiger partial charge in [0.1, 0.15) is 0 Å². The highest BCUT2D eigenvalue weighted by atomic mass is 32.2. The van der Waals surface area contributed by atoms with Crippen molar-refractivity contribution in [3.63, 3.8) is 0 Å². The lowest BCUT2D eigenvalue weighted by Crippen LogP contribution is -2.39. The molecule has 0 radical (unpaired) electrons. The second-order valence-electron chi connectivity index (χ2n) is 4.33. The molecule has 1 aromatic heterocycles. The highest BCUT2D eigenvalue weighted by molar-refractivity contribution is 7.98. The zero-order valence-electron chi connectivity index (χ0n) is 8.74. The van der Waals surface area contributed by atoms with Crippen molar-refractivity contribution in [2.24, 2.45) is 5.84 Å². The number of nitrogens with two attached hydrogens (primary N) is 1. The highest BCUT2D eigenvalue weighted by Gasteiger charge is 2.27. The van der Waals surface area contributed by atoms with E-state index in [1.807, 2.05) is 23.1 Å². The van der Waals surface area contributed by atoms with Gasteiger partial charge in [0.25, 0.3) is 0 Å². The van der Waals surface area contributed by atoms with Gasteiger partial charge in [-0.05, 0) is 29.3 Å². The van der Waals surface area contributed by atoms with Gasteiger partial charge in [-0.25, -0.2) is 5.01 Å². The van der Waals surface area contributed by atoms with E-state index in [2.05, 4.69) is 10.4 Å². The smallest absolute Gasteiger partial charge is 0.0501 e. The number of hydrogen-bond donors (Lipinski definition) is 1. The predicted molar refractivity (Wildman–Crippen MR) is 66.8 cm³/mol. The molecule has 3 heterocycles. The topological polar surface area (TPSA) is 29.3 Å². The van der Waals surface area contributed by atoms with Crippen molar-refractivity contribution in [1.82, 2.24) is 5.01 Å². The minimum Gasteiger partial charge on any atom is -0.268 e. The molecule has 3 rings (SSSR count). The summed E-state index contributed by atoms with van der Waals surface area (Å²) in [6.45, 7) is 1.06. The van der Waals surface area contributed by atoms with Crippen molar-refractivity contribution in [3.05, 3.63) is 21.4 Å². The maximum Gasteiger partial charge on any atom is 0.0501 e. The van der Waals surface area contributed by atoms with Gasteiger partial charge in [-0.2, -0.15) is 11.8 Å². The number of thioether (sulfide) groups is 1. The van der Waals surface area contributed by atoms with Gasteiger partial charge in [0.05, 0.1) is 6.04 Å². The first-order chi connectivity index (χ1) is 7.36. The molecule has 0 spiro atoms. The van der Waals surface area contributed by atoms with Gasteiger partial charge in [0, 0.05) is 22.9 Å². The van der Waals surface area contributed by atoms with E-state index < -0.39 is 0 Å². The van der Waals surface area contributed by atoms with Crippen LogP contribution in [0.4, 0.5) is 0 Å². The largest absolute Gasteiger partial charge is 0.268 e. The summed E-state index contributed by atoms with van der Waals surface area (Å²) in [6, 6.07) is 0.498. The zero-order valence-corrected chi connectivity index (χ0v) is 10.4. The van der Waals surface area contributed by atoms with Crippen LogP contribution >= 0.6 is 23.1 Å². The molecule has 1 saturated heterocycles. The van der Waals surface area contributed by atoms with E-state index in [4.69, 9.17) is 5.84 Å². The first kappa shape index (κ1) is 10.1. The molecule has 0 amide bonds. The van der Waals surface area contributed by atoms with Crippen LogP contribution in [-0.4, -0.2) is 11.6 Å². The number of nitrogens with zero attached hydrogens (tertiary/aromatic N) is 1. The maximum atomic E-state index is 6.10. The van der Waals surface area contributed by atoms with E-state index in [1.165, 1.54) is 36.3 Å². The summed E-state index contributed by atoms with van der Waals surface area (Å²) in [5.41, 5.74) is 3.13. The third kappa shape index (κ3) is 1.73. The first-order valence-electron chi connectivity index (χ1n) is 5.54. The van der Waals surface area contributed by atoms with Crippen molar-refractivity contribution in [2.75, 3.05) is 6.54 Å². The summed E-state index contributed by atoms with van der Waals surface area (Å²) in [7, 11) is 0. The zero-order chi connectivity index (χ0) is 10.3. The molecule has 2 aliphatic heterocycles. The van der Waals surface area contributed by atoms with Gasteiger partial charge in [0.2, 0.25) is 0 Å². The van der Waals surface area contributed by atoms with Crippen molar-refractivity contribution in [2.45, 2.75) is 36.8 Å². The molecule has 0 aliphatic carbocycles. The molecule has 0 bridgehead atoms. The minimum absolute atomic E-state index is 0.498. The Morgan fingerprint density at radius 1 is 1.33 bits per heavy atom. The Labute approximate surface area is 98.8 Å². The maximum absolute atomic E-state index is 6.10. The quantitative estimate of drug-likeness (QED) is 0.765. The van der Waals surface area contributed by atoms with Crippen molar-refractivity contribution in [1.29, 1.82) is 0 Å². The molecule has 1 aromatic rings. The van der Waals surface area contributed by atoms with Crippen LogP contribution in [0.1, 0.15) is 41.3 Å². The molecule has 15 heavy (non-hydrogen) atoms. The predicted octanol–water partition coefficient (Wildman–Crippen LogP) is 2.90. The third-order valence-electron chi connectivity index (χ3n) is 3.40. The Kier molecular flexibility index (Phi) is 2.77. The standard InChI is InChI=1S/C11H16N2S2/c12-13-4-2-1-3-10(13)8-6-15-11-7-14-5-9(8)11/h6,10H,1-5,7,12H2. The van der Waals surface area contributed by atoms with Gasteiger partial charge in [-0.1, -0.05) is 6.42 Å². The summed E-state index contributed by atoms with van der Waals surface area (Å²) in [4.78, 5) is 1.59. The summed E-state index contributed by atoms with van der Waals surface area (Å²) >= 11 is 3.97. The molecule has 1 unspecified atom stereocenters. The van der Waals surface area contributed by atoms with Crippen LogP contribution in [0.15, 0.2) is 5.38 Å². The Morgan fingerprint density at radius 3 is 3.13 bits per heavy atom. The van der Waals surface area contributed by atoms with Gasteiger partial charge in [-0.3, -0.25) is 5.84 Å². The van der Waals surface area contributed by atoms with Crippen LogP contribution in [0.5, 0.6) is 0 Å². The molecular formula is C11H16N2S2. The lowest BCUT2D eigenvalue weighted by Gasteiger charge is -2.32. The molecule has 2 nitrogen and oxygen atoms in total.